The number of piperidine rings is 1. The lowest BCUT2D eigenvalue weighted by molar-refractivity contribution is -0.0258. The molecule has 2 heterocycles. The number of sulfonamides is 1. The van der Waals surface area contributed by atoms with Gasteiger partial charge in [0, 0.05) is 37.9 Å². The van der Waals surface area contributed by atoms with E-state index in [4.69, 9.17) is 21.2 Å². The van der Waals surface area contributed by atoms with Gasteiger partial charge in [0.25, 0.3) is 15.9 Å². The molecule has 0 aliphatic carbocycles. The summed E-state index contributed by atoms with van der Waals surface area (Å²) in [7, 11) is -0.192. The number of carbonyl (C=O) groups excluding carboxylic acids is 2. The highest BCUT2D eigenvalue weighted by atomic mass is 35.5. The van der Waals surface area contributed by atoms with Crippen LogP contribution in [-0.4, -0.2) is 68.6 Å². The van der Waals surface area contributed by atoms with E-state index in [-0.39, 0.29) is 27.4 Å². The number of nitrogens with zero attached hydrogens (tertiary/aromatic N) is 3. The molecule has 0 unspecified atom stereocenters. The highest BCUT2D eigenvalue weighted by molar-refractivity contribution is 7.89. The Labute approximate surface area is 186 Å². The van der Waals surface area contributed by atoms with Gasteiger partial charge in [-0.05, 0) is 43.2 Å². The molecule has 0 bridgehead atoms. The van der Waals surface area contributed by atoms with Gasteiger partial charge in [-0.2, -0.15) is 0 Å². The quantitative estimate of drug-likeness (QED) is 0.476. The van der Waals surface area contributed by atoms with Crippen molar-refractivity contribution in [1.82, 2.24) is 13.9 Å². The molecule has 1 aliphatic heterocycles. The summed E-state index contributed by atoms with van der Waals surface area (Å²) in [6.07, 6.45) is 3.13. The zero-order valence-electron chi connectivity index (χ0n) is 17.4. The van der Waals surface area contributed by atoms with E-state index >= 15 is 0 Å². The number of hydroxylamine groups is 1. The number of hydrogen-bond donors (Lipinski definition) is 0. The number of benzene rings is 1. The van der Waals surface area contributed by atoms with Gasteiger partial charge in [-0.3, -0.25) is 9.63 Å². The Bertz CT molecular complexity index is 1080. The number of esters is 1. The number of hydrogen-bond acceptors (Lipinski definition) is 6. The summed E-state index contributed by atoms with van der Waals surface area (Å²) in [5.74, 6) is -0.688. The van der Waals surface area contributed by atoms with Crippen LogP contribution in [0, 0.1) is 0 Å². The fourth-order valence-electron chi connectivity index (χ4n) is 3.59. The Balaban J connectivity index is 1.75. The first-order valence-corrected chi connectivity index (χ1v) is 11.4. The highest BCUT2D eigenvalue weighted by Gasteiger charge is 2.29. The van der Waals surface area contributed by atoms with E-state index in [9.17, 15) is 18.0 Å². The minimum Gasteiger partial charge on any atom is -0.464 e. The van der Waals surface area contributed by atoms with Gasteiger partial charge in [-0.1, -0.05) is 16.1 Å². The van der Waals surface area contributed by atoms with E-state index in [2.05, 4.69) is 0 Å². The van der Waals surface area contributed by atoms with Crippen molar-refractivity contribution >= 4 is 33.5 Å². The molecule has 2 aromatic rings. The second-order valence-corrected chi connectivity index (χ2v) is 9.37. The fraction of sp³-hybridized carbons (Fsp3) is 0.400. The molecule has 1 aromatic carbocycles. The topological polar surface area (TPSA) is 98.2 Å². The van der Waals surface area contributed by atoms with Crippen molar-refractivity contribution in [3.05, 3.63) is 52.8 Å². The maximum absolute atomic E-state index is 13.0. The summed E-state index contributed by atoms with van der Waals surface area (Å²) < 4.78 is 32.5. The van der Waals surface area contributed by atoms with Crippen LogP contribution in [0.1, 0.15) is 39.7 Å². The summed E-state index contributed by atoms with van der Waals surface area (Å²) in [5.41, 5.74) is 0.698. The van der Waals surface area contributed by atoms with Crippen molar-refractivity contribution in [2.24, 2.45) is 0 Å². The van der Waals surface area contributed by atoms with Gasteiger partial charge in [0.05, 0.1) is 19.2 Å². The van der Waals surface area contributed by atoms with Crippen molar-refractivity contribution in [2.75, 3.05) is 34.4 Å². The largest absolute Gasteiger partial charge is 0.464 e. The normalized spacial score (nSPS) is 15.3. The van der Waals surface area contributed by atoms with Gasteiger partial charge in [-0.25, -0.2) is 13.2 Å². The molecule has 1 fully saturated rings. The van der Waals surface area contributed by atoms with Gasteiger partial charge in [0.1, 0.15) is 10.6 Å². The van der Waals surface area contributed by atoms with Crippen molar-refractivity contribution < 1.29 is 27.6 Å². The smallest absolute Gasteiger partial charge is 0.354 e. The van der Waals surface area contributed by atoms with Crippen molar-refractivity contribution in [2.45, 2.75) is 23.8 Å². The van der Waals surface area contributed by atoms with Gasteiger partial charge < -0.3 is 14.2 Å². The maximum Gasteiger partial charge on any atom is 0.354 e. The second kappa shape index (κ2) is 9.39. The van der Waals surface area contributed by atoms with Gasteiger partial charge in [0.2, 0.25) is 0 Å². The zero-order chi connectivity index (χ0) is 22.8. The molecule has 0 atom stereocenters. The Morgan fingerprint density at radius 3 is 2.45 bits per heavy atom. The van der Waals surface area contributed by atoms with E-state index in [1.807, 2.05) is 10.8 Å². The molecule has 1 amide bonds. The fourth-order valence-corrected chi connectivity index (χ4v) is 5.06. The van der Waals surface area contributed by atoms with E-state index in [0.29, 0.717) is 36.1 Å². The first-order chi connectivity index (χ1) is 14.7. The molecule has 11 heteroatoms. The molecule has 168 valence electrons. The third-order valence-electron chi connectivity index (χ3n) is 5.37. The Morgan fingerprint density at radius 2 is 1.84 bits per heavy atom. The van der Waals surface area contributed by atoms with Gasteiger partial charge >= 0.3 is 5.97 Å². The lowest BCUT2D eigenvalue weighted by Gasteiger charge is -2.33. The average Bonchev–Trinajstić information content (AvgIpc) is 3.27. The van der Waals surface area contributed by atoms with Crippen LogP contribution < -0.4 is 0 Å². The number of methoxy groups -OCH3 is 1. The Hall–Kier alpha value is -2.40. The number of carbonyl (C=O) groups is 2. The van der Waals surface area contributed by atoms with Crippen LogP contribution in [0.4, 0.5) is 0 Å². The van der Waals surface area contributed by atoms with Crippen LogP contribution >= 0.6 is 11.6 Å². The zero-order valence-corrected chi connectivity index (χ0v) is 19.0. The standard InChI is InChI=1S/C20H24ClN3O6S/c1-22(30-3)31(27,28)18-13-14(6-7-16(18)21)19(25)23-11-8-15(9-12-23)24-10-4-5-17(24)20(26)29-2/h4-7,10,13,15H,8-9,11-12H2,1-3H3. The molecule has 1 aliphatic rings. The van der Waals surface area contributed by atoms with Crippen LogP contribution in [-0.2, 0) is 19.6 Å². The minimum atomic E-state index is -4.00. The lowest BCUT2D eigenvalue weighted by atomic mass is 10.0. The SMILES string of the molecule is COC(=O)c1cccn1C1CCN(C(=O)c2ccc(Cl)c(S(=O)(=O)N(C)OC)c2)CC1. The third-order valence-corrected chi connectivity index (χ3v) is 7.53. The molecule has 0 saturated carbocycles. The molecule has 0 radical (unpaired) electrons. The highest BCUT2D eigenvalue weighted by Crippen LogP contribution is 2.28. The number of likely N-dealkylation sites (tertiary alicyclic amines) is 1. The van der Waals surface area contributed by atoms with Crippen LogP contribution in [0.25, 0.3) is 0 Å². The molecule has 0 spiro atoms. The van der Waals surface area contributed by atoms with Gasteiger partial charge in [-0.15, -0.1) is 0 Å². The van der Waals surface area contributed by atoms with E-state index in [1.54, 1.807) is 17.0 Å². The number of halogens is 1. The van der Waals surface area contributed by atoms with Crippen LogP contribution in [0.5, 0.6) is 0 Å². The molecule has 1 saturated heterocycles. The molecule has 0 N–H and O–H groups in total. The van der Waals surface area contributed by atoms with Crippen LogP contribution in [0.2, 0.25) is 5.02 Å². The van der Waals surface area contributed by atoms with Crippen molar-refractivity contribution in [3.63, 3.8) is 0 Å². The number of amides is 1. The first kappa shape index (κ1) is 23.3. The summed E-state index contributed by atoms with van der Waals surface area (Å²) in [5, 5.41) is 0.00195. The molecule has 31 heavy (non-hydrogen) atoms. The van der Waals surface area contributed by atoms with E-state index in [0.717, 1.165) is 0 Å². The van der Waals surface area contributed by atoms with Crippen LogP contribution in [0.3, 0.4) is 0 Å². The molecular formula is C20H24ClN3O6S. The predicted molar refractivity (Wildman–Crippen MR) is 113 cm³/mol. The summed E-state index contributed by atoms with van der Waals surface area (Å²) in [6, 6.07) is 7.71. The van der Waals surface area contributed by atoms with E-state index in [1.165, 1.54) is 39.5 Å². The first-order valence-electron chi connectivity index (χ1n) is 9.57. The molecule has 9 nitrogen and oxygen atoms in total. The Kier molecular flexibility index (Phi) is 7.05. The molecule has 3 rings (SSSR count). The number of ether oxygens (including phenoxy) is 1. The summed E-state index contributed by atoms with van der Waals surface area (Å²) in [6.45, 7) is 0.927. The predicted octanol–water partition coefficient (Wildman–Crippen LogP) is 2.59. The Morgan fingerprint density at radius 1 is 1.16 bits per heavy atom. The van der Waals surface area contributed by atoms with Crippen molar-refractivity contribution in [3.8, 4) is 0 Å². The van der Waals surface area contributed by atoms with Crippen LogP contribution in [0.15, 0.2) is 41.4 Å². The van der Waals surface area contributed by atoms with Crippen molar-refractivity contribution in [1.29, 1.82) is 0 Å². The van der Waals surface area contributed by atoms with E-state index < -0.39 is 16.0 Å². The molecular weight excluding hydrogens is 446 g/mol. The maximum atomic E-state index is 13.0. The summed E-state index contributed by atoms with van der Waals surface area (Å²) in [4.78, 5) is 31.2. The second-order valence-electron chi connectivity index (χ2n) is 7.06. The molecule has 1 aromatic heterocycles. The summed E-state index contributed by atoms with van der Waals surface area (Å²) >= 11 is 6.07. The minimum absolute atomic E-state index is 0.00195. The number of aromatic nitrogens is 1. The monoisotopic (exact) mass is 469 g/mol. The third kappa shape index (κ3) is 4.62. The lowest BCUT2D eigenvalue weighted by Crippen LogP contribution is -2.39. The van der Waals surface area contributed by atoms with Gasteiger partial charge in [0.15, 0.2) is 0 Å². The number of rotatable bonds is 6. The average molecular weight is 470 g/mol.